The van der Waals surface area contributed by atoms with E-state index >= 15 is 0 Å². The van der Waals surface area contributed by atoms with Gasteiger partial charge in [-0.05, 0) is 31.9 Å². The summed E-state index contributed by atoms with van der Waals surface area (Å²) < 4.78 is 2.67. The van der Waals surface area contributed by atoms with Crippen LogP contribution in [0.4, 0.5) is 0 Å². The molecule has 0 unspecified atom stereocenters. The van der Waals surface area contributed by atoms with Crippen LogP contribution in [-0.4, -0.2) is 53.0 Å². The molecule has 27 heavy (non-hydrogen) atoms. The fourth-order valence-corrected chi connectivity index (χ4v) is 4.82. The van der Waals surface area contributed by atoms with Crippen molar-refractivity contribution in [2.75, 3.05) is 32.7 Å². The number of carbonyl (C=O) groups excluding carboxylic acids is 1. The van der Waals surface area contributed by atoms with Gasteiger partial charge in [-0.25, -0.2) is 0 Å². The van der Waals surface area contributed by atoms with Crippen molar-refractivity contribution in [3.05, 3.63) is 33.1 Å². The highest BCUT2D eigenvalue weighted by atomic mass is 32.1. The Morgan fingerprint density at radius 1 is 1.22 bits per heavy atom. The maximum atomic E-state index is 13.3. The zero-order chi connectivity index (χ0) is 19.6. The molecule has 0 radical (unpaired) electrons. The first-order chi connectivity index (χ1) is 12.9. The van der Waals surface area contributed by atoms with Gasteiger partial charge >= 0.3 is 0 Å². The maximum absolute atomic E-state index is 13.3. The summed E-state index contributed by atoms with van der Waals surface area (Å²) in [7, 11) is 0. The van der Waals surface area contributed by atoms with Gasteiger partial charge in [0, 0.05) is 48.5 Å². The molecule has 5 nitrogen and oxygen atoms in total. The van der Waals surface area contributed by atoms with E-state index in [0.717, 1.165) is 42.3 Å². The summed E-state index contributed by atoms with van der Waals surface area (Å²) in [5.41, 5.74) is 0.593. The molecule has 1 aliphatic heterocycles. The average Bonchev–Trinajstić information content (AvgIpc) is 2.98. The normalized spacial score (nSPS) is 15.8. The summed E-state index contributed by atoms with van der Waals surface area (Å²) >= 11 is 1.55. The first-order valence-electron chi connectivity index (χ1n) is 10.1. The minimum absolute atomic E-state index is 0.0216. The van der Waals surface area contributed by atoms with Gasteiger partial charge in [0.1, 0.15) is 0 Å². The van der Waals surface area contributed by atoms with Crippen molar-refractivity contribution in [1.29, 1.82) is 0 Å². The molecule has 1 aliphatic rings. The number of aromatic nitrogens is 1. The summed E-state index contributed by atoms with van der Waals surface area (Å²) in [6, 6.07) is 1.98. The second kappa shape index (κ2) is 8.57. The third kappa shape index (κ3) is 4.27. The number of hydrogen-bond acceptors (Lipinski definition) is 4. The lowest BCUT2D eigenvalue weighted by Crippen LogP contribution is -2.49. The molecule has 0 saturated carbocycles. The van der Waals surface area contributed by atoms with Gasteiger partial charge in [0.2, 0.25) is 0 Å². The molecular weight excluding hydrogens is 358 g/mol. The number of amides is 1. The van der Waals surface area contributed by atoms with Crippen LogP contribution in [0.15, 0.2) is 17.1 Å². The lowest BCUT2D eigenvalue weighted by atomic mass is 10.1. The van der Waals surface area contributed by atoms with Gasteiger partial charge in [-0.3, -0.25) is 14.5 Å². The van der Waals surface area contributed by atoms with E-state index in [9.17, 15) is 9.59 Å². The third-order valence-corrected chi connectivity index (χ3v) is 6.33. The van der Waals surface area contributed by atoms with E-state index < -0.39 is 0 Å². The molecule has 0 aromatic carbocycles. The van der Waals surface area contributed by atoms with E-state index in [1.54, 1.807) is 15.9 Å². The zero-order valence-electron chi connectivity index (χ0n) is 17.0. The third-order valence-electron chi connectivity index (χ3n) is 5.26. The van der Waals surface area contributed by atoms with Crippen LogP contribution in [0.25, 0.3) is 10.1 Å². The Hall–Kier alpha value is -1.66. The van der Waals surface area contributed by atoms with Crippen molar-refractivity contribution in [2.45, 2.75) is 47.1 Å². The van der Waals surface area contributed by atoms with E-state index in [1.165, 1.54) is 12.8 Å². The molecule has 1 fully saturated rings. The molecule has 3 heterocycles. The highest BCUT2D eigenvalue weighted by molar-refractivity contribution is 7.19. The van der Waals surface area contributed by atoms with Gasteiger partial charge in [-0.15, -0.1) is 11.3 Å². The van der Waals surface area contributed by atoms with Crippen LogP contribution >= 0.6 is 11.3 Å². The van der Waals surface area contributed by atoms with Gasteiger partial charge in [-0.1, -0.05) is 27.2 Å². The molecule has 2 aromatic heterocycles. The van der Waals surface area contributed by atoms with E-state index in [2.05, 4.69) is 25.7 Å². The predicted molar refractivity (Wildman–Crippen MR) is 113 cm³/mol. The molecule has 3 rings (SSSR count). The number of hydrogen-bond donors (Lipinski definition) is 0. The van der Waals surface area contributed by atoms with Gasteiger partial charge in [0.15, 0.2) is 0 Å². The minimum Gasteiger partial charge on any atom is -0.336 e. The Bertz CT molecular complexity index is 860. The quantitative estimate of drug-likeness (QED) is 0.758. The molecule has 0 spiro atoms. The number of fused-ring (bicyclic) bond motifs is 1. The standard InChI is InChI=1S/C21H31N3O2S/c1-5-6-8-22-10-12-23(13-11-22)20(25)18-16(4)27-17-7-9-24(14-15(2)3)21(26)19(17)18/h7,9,15H,5-6,8,10-14H2,1-4H3. The Morgan fingerprint density at radius 3 is 2.56 bits per heavy atom. The van der Waals surface area contributed by atoms with E-state index in [0.29, 0.717) is 23.4 Å². The number of rotatable bonds is 6. The molecule has 2 aromatic rings. The Kier molecular flexibility index (Phi) is 6.37. The van der Waals surface area contributed by atoms with Crippen molar-refractivity contribution in [2.24, 2.45) is 5.92 Å². The fraction of sp³-hybridized carbons (Fsp3) is 0.619. The number of nitrogens with zero attached hydrogens (tertiary/aromatic N) is 3. The summed E-state index contributed by atoms with van der Waals surface area (Å²) in [5.74, 6) is 0.406. The van der Waals surface area contributed by atoms with Crippen molar-refractivity contribution < 1.29 is 4.79 Å². The number of piperazine rings is 1. The van der Waals surface area contributed by atoms with Crippen molar-refractivity contribution in [3.8, 4) is 0 Å². The van der Waals surface area contributed by atoms with Crippen LogP contribution < -0.4 is 5.56 Å². The van der Waals surface area contributed by atoms with E-state index in [1.807, 2.05) is 24.1 Å². The summed E-state index contributed by atoms with van der Waals surface area (Å²) in [6.45, 7) is 13.5. The number of aryl methyl sites for hydroxylation is 1. The topological polar surface area (TPSA) is 45.5 Å². The number of unbranched alkanes of at least 4 members (excludes halogenated alkanes) is 1. The molecular formula is C21H31N3O2S. The molecule has 0 bridgehead atoms. The van der Waals surface area contributed by atoms with E-state index in [-0.39, 0.29) is 11.5 Å². The molecule has 0 atom stereocenters. The van der Waals surface area contributed by atoms with Crippen LogP contribution in [0.3, 0.4) is 0 Å². The molecule has 148 valence electrons. The summed E-state index contributed by atoms with van der Waals surface area (Å²) in [4.78, 5) is 31.6. The van der Waals surface area contributed by atoms with Gasteiger partial charge < -0.3 is 9.47 Å². The Morgan fingerprint density at radius 2 is 1.93 bits per heavy atom. The molecule has 0 N–H and O–H groups in total. The fourth-order valence-electron chi connectivity index (χ4n) is 3.77. The molecule has 1 amide bonds. The summed E-state index contributed by atoms with van der Waals surface area (Å²) in [5, 5.41) is 0.610. The SMILES string of the molecule is CCCCN1CCN(C(=O)c2c(C)sc3ccn(CC(C)C)c(=O)c23)CC1. The van der Waals surface area contributed by atoms with Crippen LogP contribution in [0.2, 0.25) is 0 Å². The van der Waals surface area contributed by atoms with Crippen LogP contribution in [0.5, 0.6) is 0 Å². The monoisotopic (exact) mass is 389 g/mol. The van der Waals surface area contributed by atoms with Crippen molar-refractivity contribution >= 4 is 27.3 Å². The lowest BCUT2D eigenvalue weighted by Gasteiger charge is -2.34. The number of pyridine rings is 1. The first-order valence-corrected chi connectivity index (χ1v) is 10.9. The predicted octanol–water partition coefficient (Wildman–Crippen LogP) is 3.59. The highest BCUT2D eigenvalue weighted by Gasteiger charge is 2.27. The smallest absolute Gasteiger partial charge is 0.260 e. The Labute approximate surface area is 165 Å². The molecule has 1 saturated heterocycles. The second-order valence-corrected chi connectivity index (χ2v) is 9.18. The van der Waals surface area contributed by atoms with Crippen molar-refractivity contribution in [3.63, 3.8) is 0 Å². The van der Waals surface area contributed by atoms with Crippen LogP contribution in [-0.2, 0) is 6.54 Å². The van der Waals surface area contributed by atoms with Gasteiger partial charge in [-0.2, -0.15) is 0 Å². The molecule has 6 heteroatoms. The van der Waals surface area contributed by atoms with Crippen LogP contribution in [0, 0.1) is 12.8 Å². The largest absolute Gasteiger partial charge is 0.336 e. The average molecular weight is 390 g/mol. The second-order valence-electron chi connectivity index (χ2n) is 7.93. The minimum atomic E-state index is -0.0320. The van der Waals surface area contributed by atoms with Gasteiger partial charge in [0.25, 0.3) is 11.5 Å². The highest BCUT2D eigenvalue weighted by Crippen LogP contribution is 2.29. The zero-order valence-corrected chi connectivity index (χ0v) is 17.8. The molecule has 0 aliphatic carbocycles. The maximum Gasteiger partial charge on any atom is 0.260 e. The number of carbonyl (C=O) groups is 1. The van der Waals surface area contributed by atoms with Crippen LogP contribution in [0.1, 0.15) is 48.8 Å². The number of thiophene rings is 1. The lowest BCUT2D eigenvalue weighted by molar-refractivity contribution is 0.0637. The van der Waals surface area contributed by atoms with Crippen molar-refractivity contribution in [1.82, 2.24) is 14.4 Å². The Balaban J connectivity index is 1.87. The summed E-state index contributed by atoms with van der Waals surface area (Å²) in [6.07, 6.45) is 4.26. The van der Waals surface area contributed by atoms with Gasteiger partial charge in [0.05, 0.1) is 10.9 Å². The first kappa shape index (κ1) is 20.1. The van der Waals surface area contributed by atoms with E-state index in [4.69, 9.17) is 0 Å².